The maximum Gasteiger partial charge on any atom is 0.337 e. The fraction of sp³-hybridized carbons (Fsp3) is 0.273. The molecule has 0 saturated carbocycles. The maximum atomic E-state index is 12.6. The van der Waals surface area contributed by atoms with Crippen LogP contribution >= 0.6 is 11.8 Å². The van der Waals surface area contributed by atoms with Crippen LogP contribution in [-0.4, -0.2) is 39.0 Å². The summed E-state index contributed by atoms with van der Waals surface area (Å²) in [5.41, 5.74) is 2.52. The number of aromatic nitrogens is 3. The van der Waals surface area contributed by atoms with E-state index in [1.165, 1.54) is 18.9 Å². The highest BCUT2D eigenvalue weighted by molar-refractivity contribution is 8.00. The van der Waals surface area contributed by atoms with Gasteiger partial charge in [0.1, 0.15) is 5.82 Å². The van der Waals surface area contributed by atoms with E-state index in [4.69, 9.17) is 0 Å². The first-order chi connectivity index (χ1) is 14.5. The quantitative estimate of drug-likeness (QED) is 0.441. The molecular formula is C22H24N4O3S. The van der Waals surface area contributed by atoms with Crippen LogP contribution in [0.25, 0.3) is 0 Å². The molecule has 0 aliphatic heterocycles. The lowest BCUT2D eigenvalue weighted by molar-refractivity contribution is -0.120. The Labute approximate surface area is 179 Å². The minimum atomic E-state index is -0.384. The second-order valence-electron chi connectivity index (χ2n) is 6.77. The number of amides is 1. The summed E-state index contributed by atoms with van der Waals surface area (Å²) >= 11 is 1.38. The number of esters is 1. The van der Waals surface area contributed by atoms with Gasteiger partial charge in [-0.1, -0.05) is 54.2 Å². The summed E-state index contributed by atoms with van der Waals surface area (Å²) in [5.74, 6) is 0.328. The van der Waals surface area contributed by atoms with Crippen LogP contribution in [0.3, 0.4) is 0 Å². The zero-order valence-corrected chi connectivity index (χ0v) is 18.0. The monoisotopic (exact) mass is 424 g/mol. The Morgan fingerprint density at radius 2 is 1.77 bits per heavy atom. The summed E-state index contributed by atoms with van der Waals surface area (Å²) in [7, 11) is 1.34. The molecule has 0 aliphatic rings. The van der Waals surface area contributed by atoms with Crippen molar-refractivity contribution >= 4 is 23.6 Å². The van der Waals surface area contributed by atoms with Crippen LogP contribution < -0.4 is 5.32 Å². The molecule has 0 radical (unpaired) electrons. The molecule has 0 saturated heterocycles. The van der Waals surface area contributed by atoms with E-state index in [1.54, 1.807) is 24.3 Å². The summed E-state index contributed by atoms with van der Waals surface area (Å²) < 4.78 is 6.70. The summed E-state index contributed by atoms with van der Waals surface area (Å²) in [6, 6.07) is 17.0. The third kappa shape index (κ3) is 5.48. The fourth-order valence-corrected chi connectivity index (χ4v) is 3.74. The molecular weight excluding hydrogens is 400 g/mol. The normalized spacial score (nSPS) is 11.7. The van der Waals surface area contributed by atoms with Crippen LogP contribution in [0.1, 0.15) is 34.2 Å². The molecule has 8 heteroatoms. The van der Waals surface area contributed by atoms with E-state index >= 15 is 0 Å². The third-order valence-electron chi connectivity index (χ3n) is 4.58. The predicted octanol–water partition coefficient (Wildman–Crippen LogP) is 3.22. The van der Waals surface area contributed by atoms with Gasteiger partial charge in [0.15, 0.2) is 5.16 Å². The van der Waals surface area contributed by atoms with Gasteiger partial charge in [-0.3, -0.25) is 4.79 Å². The Balaban J connectivity index is 1.58. The van der Waals surface area contributed by atoms with Crippen molar-refractivity contribution in [3.05, 3.63) is 77.1 Å². The Kier molecular flexibility index (Phi) is 7.24. The lowest BCUT2D eigenvalue weighted by Gasteiger charge is -2.13. The molecule has 1 N–H and O–H groups in total. The van der Waals surface area contributed by atoms with Crippen molar-refractivity contribution < 1.29 is 14.3 Å². The Hall–Kier alpha value is -3.13. The number of ether oxygens (including phenoxy) is 1. The summed E-state index contributed by atoms with van der Waals surface area (Å²) in [6.07, 6.45) is 0. The highest BCUT2D eigenvalue weighted by atomic mass is 32.2. The average molecular weight is 425 g/mol. The van der Waals surface area contributed by atoms with Crippen molar-refractivity contribution in [2.24, 2.45) is 0 Å². The predicted molar refractivity (Wildman–Crippen MR) is 115 cm³/mol. The van der Waals surface area contributed by atoms with Gasteiger partial charge < -0.3 is 14.6 Å². The Morgan fingerprint density at radius 1 is 1.07 bits per heavy atom. The second kappa shape index (κ2) is 10.1. The zero-order valence-electron chi connectivity index (χ0n) is 17.2. The van der Waals surface area contributed by atoms with Crippen molar-refractivity contribution in [2.45, 2.75) is 37.3 Å². The topological polar surface area (TPSA) is 86.1 Å². The molecule has 1 atom stereocenters. The number of benzene rings is 2. The molecule has 1 aromatic heterocycles. The minimum absolute atomic E-state index is 0.0936. The van der Waals surface area contributed by atoms with Crippen LogP contribution in [0.2, 0.25) is 0 Å². The van der Waals surface area contributed by atoms with Gasteiger partial charge in [0.25, 0.3) is 0 Å². The smallest absolute Gasteiger partial charge is 0.337 e. The molecule has 1 amide bonds. The van der Waals surface area contributed by atoms with Crippen LogP contribution in [-0.2, 0) is 22.6 Å². The van der Waals surface area contributed by atoms with Gasteiger partial charge in [0, 0.05) is 6.54 Å². The molecule has 3 aromatic rings. The van der Waals surface area contributed by atoms with Crippen molar-refractivity contribution in [2.75, 3.05) is 7.11 Å². The number of hydrogen-bond acceptors (Lipinski definition) is 6. The molecule has 0 bridgehead atoms. The zero-order chi connectivity index (χ0) is 21.5. The van der Waals surface area contributed by atoms with Gasteiger partial charge in [-0.25, -0.2) is 4.79 Å². The highest BCUT2D eigenvalue weighted by Crippen LogP contribution is 2.23. The van der Waals surface area contributed by atoms with E-state index < -0.39 is 0 Å². The third-order valence-corrected chi connectivity index (χ3v) is 5.66. The number of nitrogens with zero attached hydrogens (tertiary/aromatic N) is 3. The second-order valence-corrected chi connectivity index (χ2v) is 8.08. The van der Waals surface area contributed by atoms with Gasteiger partial charge in [-0.05, 0) is 37.1 Å². The Bertz CT molecular complexity index is 1000. The fourth-order valence-electron chi connectivity index (χ4n) is 2.82. The highest BCUT2D eigenvalue weighted by Gasteiger charge is 2.19. The molecule has 7 nitrogen and oxygen atoms in total. The largest absolute Gasteiger partial charge is 0.465 e. The minimum Gasteiger partial charge on any atom is -0.465 e. The van der Waals surface area contributed by atoms with Crippen LogP contribution in [0.15, 0.2) is 59.8 Å². The van der Waals surface area contributed by atoms with Crippen molar-refractivity contribution in [1.29, 1.82) is 0 Å². The first-order valence-electron chi connectivity index (χ1n) is 9.53. The molecule has 2 aromatic carbocycles. The molecule has 156 valence electrons. The van der Waals surface area contributed by atoms with Gasteiger partial charge in [-0.15, -0.1) is 10.2 Å². The van der Waals surface area contributed by atoms with Gasteiger partial charge >= 0.3 is 5.97 Å². The van der Waals surface area contributed by atoms with E-state index in [9.17, 15) is 9.59 Å². The number of carbonyl (C=O) groups excluding carboxylic acids is 2. The average Bonchev–Trinajstić information content (AvgIpc) is 3.11. The number of hydrogen-bond donors (Lipinski definition) is 1. The lowest BCUT2D eigenvalue weighted by atomic mass is 10.1. The van der Waals surface area contributed by atoms with Gasteiger partial charge in [0.05, 0.1) is 24.5 Å². The first kappa shape index (κ1) is 21.6. The van der Waals surface area contributed by atoms with Crippen LogP contribution in [0.5, 0.6) is 0 Å². The van der Waals surface area contributed by atoms with E-state index in [2.05, 4.69) is 32.4 Å². The molecule has 0 spiro atoms. The first-order valence-corrected chi connectivity index (χ1v) is 10.4. The van der Waals surface area contributed by atoms with Crippen LogP contribution in [0.4, 0.5) is 0 Å². The maximum absolute atomic E-state index is 12.6. The molecule has 3 rings (SSSR count). The van der Waals surface area contributed by atoms with E-state index in [1.807, 2.05) is 36.6 Å². The molecule has 0 fully saturated rings. The van der Waals surface area contributed by atoms with Gasteiger partial charge in [0.2, 0.25) is 5.91 Å². The summed E-state index contributed by atoms with van der Waals surface area (Å²) in [5, 5.41) is 11.7. The van der Waals surface area contributed by atoms with E-state index in [0.717, 1.165) is 17.0 Å². The number of methoxy groups -OCH3 is 1. The van der Waals surface area contributed by atoms with Crippen molar-refractivity contribution in [3.8, 4) is 0 Å². The molecule has 1 heterocycles. The lowest BCUT2D eigenvalue weighted by Crippen LogP contribution is -2.30. The van der Waals surface area contributed by atoms with E-state index in [0.29, 0.717) is 23.8 Å². The number of carbonyl (C=O) groups is 2. The summed E-state index contributed by atoms with van der Waals surface area (Å²) in [6.45, 7) is 4.78. The standard InChI is InChI=1S/C22H24N4O3S/c1-15(20(27)23-13-17-9-11-19(12-10-17)21(28)29-3)30-22-25-24-16(2)26(22)14-18-7-5-4-6-8-18/h4-12,15H,13-14H2,1-3H3,(H,23,27). The summed E-state index contributed by atoms with van der Waals surface area (Å²) in [4.78, 5) is 24.0. The molecule has 1 unspecified atom stereocenters. The van der Waals surface area contributed by atoms with Crippen molar-refractivity contribution in [3.63, 3.8) is 0 Å². The SMILES string of the molecule is COC(=O)c1ccc(CNC(=O)C(C)Sc2nnc(C)n2Cc2ccccc2)cc1. The van der Waals surface area contributed by atoms with Crippen molar-refractivity contribution in [1.82, 2.24) is 20.1 Å². The number of thioether (sulfide) groups is 1. The number of rotatable bonds is 8. The molecule has 0 aliphatic carbocycles. The van der Waals surface area contributed by atoms with Crippen LogP contribution in [0, 0.1) is 6.92 Å². The number of nitrogens with one attached hydrogen (secondary N) is 1. The number of aryl methyl sites for hydroxylation is 1. The Morgan fingerprint density at radius 3 is 2.43 bits per heavy atom. The van der Waals surface area contributed by atoms with Gasteiger partial charge in [-0.2, -0.15) is 0 Å². The molecule has 30 heavy (non-hydrogen) atoms. The van der Waals surface area contributed by atoms with E-state index in [-0.39, 0.29) is 17.1 Å².